The Labute approximate surface area is 126 Å². The normalized spacial score (nSPS) is 11.3. The van der Waals surface area contributed by atoms with Gasteiger partial charge in [-0.15, -0.1) is 13.2 Å². The summed E-state index contributed by atoms with van der Waals surface area (Å²) in [4.78, 5) is 0. The Morgan fingerprint density at radius 1 is 1.00 bits per heavy atom. The van der Waals surface area contributed by atoms with Crippen molar-refractivity contribution in [1.82, 2.24) is 0 Å². The van der Waals surface area contributed by atoms with E-state index >= 15 is 0 Å². The summed E-state index contributed by atoms with van der Waals surface area (Å²) >= 11 is 0. The van der Waals surface area contributed by atoms with Gasteiger partial charge in [0.25, 0.3) is 0 Å². The molecule has 0 aromatic heterocycles. The topological polar surface area (TPSA) is 41.5 Å². The van der Waals surface area contributed by atoms with Gasteiger partial charge >= 0.3 is 6.36 Å². The highest BCUT2D eigenvalue weighted by molar-refractivity contribution is 5.45. The van der Waals surface area contributed by atoms with E-state index in [0.717, 1.165) is 11.3 Å². The van der Waals surface area contributed by atoms with Crippen molar-refractivity contribution in [2.45, 2.75) is 19.3 Å². The first-order valence-corrected chi connectivity index (χ1v) is 6.74. The summed E-state index contributed by atoms with van der Waals surface area (Å²) in [7, 11) is 0. The van der Waals surface area contributed by atoms with E-state index in [2.05, 4.69) is 10.1 Å². The quantitative estimate of drug-likeness (QED) is 0.854. The smallest absolute Gasteiger partial charge is 0.406 e. The van der Waals surface area contributed by atoms with Crippen LogP contribution in [0.15, 0.2) is 48.5 Å². The lowest BCUT2D eigenvalue weighted by Crippen LogP contribution is -2.17. The molecule has 0 amide bonds. The van der Waals surface area contributed by atoms with Crippen LogP contribution in [0.1, 0.15) is 11.1 Å². The number of anilines is 1. The van der Waals surface area contributed by atoms with E-state index < -0.39 is 6.36 Å². The number of hydrogen-bond acceptors (Lipinski definition) is 3. The van der Waals surface area contributed by atoms with Crippen LogP contribution in [0.25, 0.3) is 0 Å². The third-order valence-electron chi connectivity index (χ3n) is 2.98. The average molecular weight is 311 g/mol. The molecule has 118 valence electrons. The Kier molecular flexibility index (Phi) is 5.27. The summed E-state index contributed by atoms with van der Waals surface area (Å²) < 4.78 is 40.4. The van der Waals surface area contributed by atoms with Crippen LogP contribution in [0.4, 0.5) is 18.9 Å². The van der Waals surface area contributed by atoms with Crippen molar-refractivity contribution in [2.75, 3.05) is 11.9 Å². The summed E-state index contributed by atoms with van der Waals surface area (Å²) in [5.74, 6) is -0.231. The lowest BCUT2D eigenvalue weighted by atomic mass is 10.1. The molecular weight excluding hydrogens is 295 g/mol. The van der Waals surface area contributed by atoms with Crippen molar-refractivity contribution in [3.8, 4) is 5.75 Å². The fourth-order valence-corrected chi connectivity index (χ4v) is 1.98. The minimum atomic E-state index is -4.69. The highest BCUT2D eigenvalue weighted by Gasteiger charge is 2.31. The Morgan fingerprint density at radius 2 is 1.73 bits per heavy atom. The van der Waals surface area contributed by atoms with Crippen molar-refractivity contribution < 1.29 is 23.0 Å². The van der Waals surface area contributed by atoms with Gasteiger partial charge in [-0.05, 0) is 41.8 Å². The molecule has 0 fully saturated rings. The van der Waals surface area contributed by atoms with Crippen molar-refractivity contribution >= 4 is 5.69 Å². The van der Waals surface area contributed by atoms with Crippen LogP contribution in [0.2, 0.25) is 0 Å². The first kappa shape index (κ1) is 16.2. The maximum absolute atomic E-state index is 12.2. The highest BCUT2D eigenvalue weighted by Crippen LogP contribution is 2.23. The Hall–Kier alpha value is -2.21. The van der Waals surface area contributed by atoms with Crippen molar-refractivity contribution in [3.05, 3.63) is 59.7 Å². The number of aliphatic hydroxyl groups is 1. The standard InChI is InChI=1S/C16H16F3NO2/c17-16(18,19)22-15-3-1-2-13(10-15)11-20-14-6-4-12(5-7-14)8-9-21/h1-7,10,20-21H,8-9,11H2. The monoisotopic (exact) mass is 311 g/mol. The second kappa shape index (κ2) is 7.17. The van der Waals surface area contributed by atoms with Gasteiger partial charge < -0.3 is 15.2 Å². The average Bonchev–Trinajstić information content (AvgIpc) is 2.45. The first-order chi connectivity index (χ1) is 10.5. The summed E-state index contributed by atoms with van der Waals surface area (Å²) in [5.41, 5.74) is 2.55. The zero-order chi connectivity index (χ0) is 16.0. The fourth-order valence-electron chi connectivity index (χ4n) is 1.98. The molecule has 0 atom stereocenters. The van der Waals surface area contributed by atoms with Gasteiger partial charge in [0.05, 0.1) is 0 Å². The van der Waals surface area contributed by atoms with E-state index in [4.69, 9.17) is 5.11 Å². The summed E-state index contributed by atoms with van der Waals surface area (Å²) in [6.45, 7) is 0.479. The predicted molar refractivity (Wildman–Crippen MR) is 77.7 cm³/mol. The van der Waals surface area contributed by atoms with E-state index in [1.165, 1.54) is 18.2 Å². The van der Waals surface area contributed by atoms with E-state index in [-0.39, 0.29) is 12.4 Å². The van der Waals surface area contributed by atoms with Crippen molar-refractivity contribution in [3.63, 3.8) is 0 Å². The molecule has 6 heteroatoms. The summed E-state index contributed by atoms with van der Waals surface area (Å²) in [6, 6.07) is 13.4. The number of ether oxygens (including phenoxy) is 1. The van der Waals surface area contributed by atoms with E-state index in [1.807, 2.05) is 24.3 Å². The van der Waals surface area contributed by atoms with E-state index in [1.54, 1.807) is 6.07 Å². The molecule has 22 heavy (non-hydrogen) atoms. The van der Waals surface area contributed by atoms with Crippen LogP contribution >= 0.6 is 0 Å². The van der Waals surface area contributed by atoms with Crippen LogP contribution in [-0.2, 0) is 13.0 Å². The SMILES string of the molecule is OCCc1ccc(NCc2cccc(OC(F)(F)F)c2)cc1. The molecule has 2 N–H and O–H groups in total. The molecule has 0 bridgehead atoms. The van der Waals surface area contributed by atoms with Gasteiger partial charge in [0.15, 0.2) is 0 Å². The van der Waals surface area contributed by atoms with Gasteiger partial charge in [-0.1, -0.05) is 24.3 Å². The molecule has 0 unspecified atom stereocenters. The molecule has 3 nitrogen and oxygen atoms in total. The fraction of sp³-hybridized carbons (Fsp3) is 0.250. The molecule has 2 rings (SSSR count). The number of nitrogens with one attached hydrogen (secondary N) is 1. The molecule has 0 saturated carbocycles. The first-order valence-electron chi connectivity index (χ1n) is 6.74. The zero-order valence-electron chi connectivity index (χ0n) is 11.7. The second-order valence-electron chi connectivity index (χ2n) is 4.72. The third-order valence-corrected chi connectivity index (χ3v) is 2.98. The number of alkyl halides is 3. The molecule has 2 aromatic rings. The van der Waals surface area contributed by atoms with Crippen LogP contribution < -0.4 is 10.1 Å². The molecule has 0 aliphatic rings. The third kappa shape index (κ3) is 5.29. The van der Waals surface area contributed by atoms with Crippen LogP contribution in [0.3, 0.4) is 0 Å². The molecule has 0 heterocycles. The van der Waals surface area contributed by atoms with Crippen LogP contribution in [-0.4, -0.2) is 18.1 Å². The summed E-state index contributed by atoms with van der Waals surface area (Å²) in [5, 5.41) is 12.0. The predicted octanol–water partition coefficient (Wildman–Crippen LogP) is 3.73. The lowest BCUT2D eigenvalue weighted by molar-refractivity contribution is -0.274. The Morgan fingerprint density at radius 3 is 2.36 bits per heavy atom. The highest BCUT2D eigenvalue weighted by atomic mass is 19.4. The van der Waals surface area contributed by atoms with Crippen molar-refractivity contribution in [1.29, 1.82) is 0 Å². The van der Waals surface area contributed by atoms with Gasteiger partial charge in [0.2, 0.25) is 0 Å². The lowest BCUT2D eigenvalue weighted by Gasteiger charge is -2.11. The molecule has 0 aliphatic carbocycles. The number of rotatable bonds is 6. The molecule has 0 radical (unpaired) electrons. The van der Waals surface area contributed by atoms with Gasteiger partial charge in [-0.25, -0.2) is 0 Å². The number of aliphatic hydroxyl groups excluding tert-OH is 1. The minimum absolute atomic E-state index is 0.0960. The van der Waals surface area contributed by atoms with E-state index in [9.17, 15) is 13.2 Å². The zero-order valence-corrected chi connectivity index (χ0v) is 11.7. The van der Waals surface area contributed by atoms with Crippen LogP contribution in [0.5, 0.6) is 5.75 Å². The summed E-state index contributed by atoms with van der Waals surface area (Å²) in [6.07, 6.45) is -4.09. The molecule has 0 saturated heterocycles. The van der Waals surface area contributed by atoms with E-state index in [0.29, 0.717) is 18.5 Å². The second-order valence-corrected chi connectivity index (χ2v) is 4.72. The maximum Gasteiger partial charge on any atom is 0.573 e. The van der Waals surface area contributed by atoms with Gasteiger partial charge in [0.1, 0.15) is 5.75 Å². The Bertz CT molecular complexity index is 597. The molecule has 0 aliphatic heterocycles. The van der Waals surface area contributed by atoms with Gasteiger partial charge in [0, 0.05) is 18.8 Å². The number of hydrogen-bond donors (Lipinski definition) is 2. The largest absolute Gasteiger partial charge is 0.573 e. The molecular formula is C16H16F3NO2. The Balaban J connectivity index is 1.95. The molecule has 2 aromatic carbocycles. The maximum atomic E-state index is 12.2. The minimum Gasteiger partial charge on any atom is -0.406 e. The van der Waals surface area contributed by atoms with Gasteiger partial charge in [-0.3, -0.25) is 0 Å². The number of benzene rings is 2. The molecule has 0 spiro atoms. The van der Waals surface area contributed by atoms with Gasteiger partial charge in [-0.2, -0.15) is 0 Å². The van der Waals surface area contributed by atoms with Crippen molar-refractivity contribution in [2.24, 2.45) is 0 Å². The number of halogens is 3. The van der Waals surface area contributed by atoms with Crippen LogP contribution in [0, 0.1) is 0 Å².